The lowest BCUT2D eigenvalue weighted by Gasteiger charge is -2.40. The Labute approximate surface area is 159 Å². The van der Waals surface area contributed by atoms with Crippen molar-refractivity contribution in [1.82, 2.24) is 9.88 Å². The number of aromatic nitrogens is 1. The summed E-state index contributed by atoms with van der Waals surface area (Å²) in [7, 11) is 0. The lowest BCUT2D eigenvalue weighted by Crippen LogP contribution is -2.50. The summed E-state index contributed by atoms with van der Waals surface area (Å²) in [4.78, 5) is 31.4. The summed E-state index contributed by atoms with van der Waals surface area (Å²) >= 11 is 0. The zero-order chi connectivity index (χ0) is 19.3. The standard InChI is InChI=1S/C21H26N2O4/c1-3-26-20(25)21(12-10-17-8-5-4-6-9-17)11-7-13-23(14-21)19(24)18-16(2)22-15-27-18/h4-6,8-9,15H,3,7,10-14H2,1-2H3. The molecule has 1 aliphatic rings. The third kappa shape index (κ3) is 4.21. The van der Waals surface area contributed by atoms with Crippen LogP contribution in [-0.4, -0.2) is 41.5 Å². The molecule has 1 unspecified atom stereocenters. The minimum atomic E-state index is -0.687. The number of amides is 1. The van der Waals surface area contributed by atoms with Crippen LogP contribution >= 0.6 is 0 Å². The Morgan fingerprint density at radius 3 is 2.74 bits per heavy atom. The average molecular weight is 370 g/mol. The largest absolute Gasteiger partial charge is 0.466 e. The first-order chi connectivity index (χ1) is 13.1. The van der Waals surface area contributed by atoms with Gasteiger partial charge in [0, 0.05) is 13.1 Å². The van der Waals surface area contributed by atoms with E-state index in [1.54, 1.807) is 11.8 Å². The highest BCUT2D eigenvalue weighted by Gasteiger charge is 2.45. The van der Waals surface area contributed by atoms with Crippen LogP contribution in [0.25, 0.3) is 0 Å². The molecule has 0 aliphatic carbocycles. The predicted molar refractivity (Wildman–Crippen MR) is 100 cm³/mol. The van der Waals surface area contributed by atoms with E-state index in [9.17, 15) is 9.59 Å². The lowest BCUT2D eigenvalue weighted by molar-refractivity contribution is -0.159. The number of hydrogen-bond donors (Lipinski definition) is 0. The van der Waals surface area contributed by atoms with Crippen molar-refractivity contribution < 1.29 is 18.7 Å². The number of esters is 1. The molecule has 2 heterocycles. The van der Waals surface area contributed by atoms with E-state index in [4.69, 9.17) is 9.15 Å². The van der Waals surface area contributed by atoms with Crippen LogP contribution in [0.3, 0.4) is 0 Å². The van der Waals surface area contributed by atoms with Crippen molar-refractivity contribution in [2.24, 2.45) is 5.41 Å². The van der Waals surface area contributed by atoms with E-state index in [-0.39, 0.29) is 17.6 Å². The molecule has 0 saturated carbocycles. The van der Waals surface area contributed by atoms with Crippen molar-refractivity contribution in [2.45, 2.75) is 39.5 Å². The summed E-state index contributed by atoms with van der Waals surface area (Å²) in [6, 6.07) is 10.1. The fourth-order valence-electron chi connectivity index (χ4n) is 3.74. The van der Waals surface area contributed by atoms with Crippen LogP contribution in [0.1, 0.15) is 48.0 Å². The maximum absolute atomic E-state index is 12.9. The molecule has 1 saturated heterocycles. The Morgan fingerprint density at radius 1 is 1.30 bits per heavy atom. The van der Waals surface area contributed by atoms with E-state index in [0.717, 1.165) is 19.3 Å². The third-order valence-electron chi connectivity index (χ3n) is 5.25. The van der Waals surface area contributed by atoms with E-state index in [0.29, 0.717) is 31.8 Å². The average Bonchev–Trinajstić information content (AvgIpc) is 3.13. The fourth-order valence-corrected chi connectivity index (χ4v) is 3.74. The van der Waals surface area contributed by atoms with Crippen LogP contribution in [0.5, 0.6) is 0 Å². The number of likely N-dealkylation sites (tertiary alicyclic amines) is 1. The highest BCUT2D eigenvalue weighted by atomic mass is 16.5. The smallest absolute Gasteiger partial charge is 0.313 e. The molecule has 1 aromatic carbocycles. The first-order valence-corrected chi connectivity index (χ1v) is 9.46. The Hall–Kier alpha value is -2.63. The normalized spacial score (nSPS) is 19.7. The number of oxazole rings is 1. The zero-order valence-electron chi connectivity index (χ0n) is 15.9. The van der Waals surface area contributed by atoms with Gasteiger partial charge in [0.2, 0.25) is 5.76 Å². The Kier molecular flexibility index (Phi) is 5.94. The monoisotopic (exact) mass is 370 g/mol. The molecule has 27 heavy (non-hydrogen) atoms. The van der Waals surface area contributed by atoms with Gasteiger partial charge in [-0.15, -0.1) is 0 Å². The second-order valence-electron chi connectivity index (χ2n) is 7.08. The molecule has 144 valence electrons. The second kappa shape index (κ2) is 8.37. The molecule has 0 spiro atoms. The molecule has 3 rings (SSSR count). The minimum Gasteiger partial charge on any atom is -0.466 e. The zero-order valence-corrected chi connectivity index (χ0v) is 15.9. The molecule has 6 nitrogen and oxygen atoms in total. The van der Waals surface area contributed by atoms with Crippen molar-refractivity contribution in [3.8, 4) is 0 Å². The van der Waals surface area contributed by atoms with Gasteiger partial charge >= 0.3 is 5.97 Å². The minimum absolute atomic E-state index is 0.210. The van der Waals surface area contributed by atoms with Crippen molar-refractivity contribution in [2.75, 3.05) is 19.7 Å². The molecule has 6 heteroatoms. The maximum Gasteiger partial charge on any atom is 0.313 e. The number of piperidine rings is 1. The van der Waals surface area contributed by atoms with Crippen molar-refractivity contribution >= 4 is 11.9 Å². The van der Waals surface area contributed by atoms with Crippen LogP contribution in [-0.2, 0) is 16.0 Å². The van der Waals surface area contributed by atoms with Crippen LogP contribution in [0.2, 0.25) is 0 Å². The topological polar surface area (TPSA) is 72.6 Å². The van der Waals surface area contributed by atoms with E-state index in [1.807, 2.05) is 25.1 Å². The molecule has 0 bridgehead atoms. The summed E-state index contributed by atoms with van der Waals surface area (Å²) < 4.78 is 10.7. The van der Waals surface area contributed by atoms with Gasteiger partial charge in [-0.25, -0.2) is 4.98 Å². The SMILES string of the molecule is CCOC(=O)C1(CCc2ccccc2)CCCN(C(=O)c2ocnc2C)C1. The predicted octanol–water partition coefficient (Wildman–Crippen LogP) is 3.40. The van der Waals surface area contributed by atoms with E-state index >= 15 is 0 Å². The van der Waals surface area contributed by atoms with Gasteiger partial charge in [0.05, 0.1) is 17.7 Å². The van der Waals surface area contributed by atoms with Gasteiger partial charge in [0.15, 0.2) is 6.39 Å². The van der Waals surface area contributed by atoms with Crippen LogP contribution in [0.4, 0.5) is 0 Å². The molecular weight excluding hydrogens is 344 g/mol. The van der Waals surface area contributed by atoms with Crippen molar-refractivity contribution in [1.29, 1.82) is 0 Å². The third-order valence-corrected chi connectivity index (χ3v) is 5.25. The van der Waals surface area contributed by atoms with Crippen LogP contribution in [0, 0.1) is 12.3 Å². The first kappa shape index (κ1) is 19.1. The van der Waals surface area contributed by atoms with Gasteiger partial charge in [-0.1, -0.05) is 30.3 Å². The number of aryl methyl sites for hydroxylation is 2. The second-order valence-corrected chi connectivity index (χ2v) is 7.08. The maximum atomic E-state index is 12.9. The number of carbonyl (C=O) groups excluding carboxylic acids is 2. The van der Waals surface area contributed by atoms with Gasteiger partial charge in [-0.2, -0.15) is 0 Å². The fraction of sp³-hybridized carbons (Fsp3) is 0.476. The lowest BCUT2D eigenvalue weighted by atomic mass is 9.75. The molecule has 1 aliphatic heterocycles. The number of carbonyl (C=O) groups is 2. The quantitative estimate of drug-likeness (QED) is 0.729. The highest BCUT2D eigenvalue weighted by molar-refractivity contribution is 5.93. The van der Waals surface area contributed by atoms with E-state index in [2.05, 4.69) is 17.1 Å². The van der Waals surface area contributed by atoms with Crippen molar-refractivity contribution in [3.05, 3.63) is 53.7 Å². The number of ether oxygens (including phenoxy) is 1. The number of rotatable bonds is 6. The number of nitrogens with zero attached hydrogens (tertiary/aromatic N) is 2. The van der Waals surface area contributed by atoms with Gasteiger partial charge in [0.1, 0.15) is 0 Å². The Morgan fingerprint density at radius 2 is 2.07 bits per heavy atom. The molecule has 1 aromatic heterocycles. The highest BCUT2D eigenvalue weighted by Crippen LogP contribution is 2.37. The van der Waals surface area contributed by atoms with Crippen molar-refractivity contribution in [3.63, 3.8) is 0 Å². The van der Waals surface area contributed by atoms with Crippen LogP contribution < -0.4 is 0 Å². The van der Waals surface area contributed by atoms with E-state index in [1.165, 1.54) is 12.0 Å². The van der Waals surface area contributed by atoms with Gasteiger partial charge in [0.25, 0.3) is 5.91 Å². The molecule has 0 N–H and O–H groups in total. The summed E-state index contributed by atoms with van der Waals surface area (Å²) in [5.41, 5.74) is 1.06. The summed E-state index contributed by atoms with van der Waals surface area (Å²) in [5, 5.41) is 0. The molecule has 1 fully saturated rings. The van der Waals surface area contributed by atoms with Gasteiger partial charge in [-0.05, 0) is 45.1 Å². The molecule has 2 aromatic rings. The summed E-state index contributed by atoms with van der Waals surface area (Å²) in [6.07, 6.45) is 4.17. The van der Waals surface area contributed by atoms with Crippen LogP contribution in [0.15, 0.2) is 41.1 Å². The number of hydrogen-bond acceptors (Lipinski definition) is 5. The molecular formula is C21H26N2O4. The van der Waals surface area contributed by atoms with Gasteiger partial charge < -0.3 is 14.1 Å². The Balaban J connectivity index is 1.80. The molecule has 1 atom stereocenters. The van der Waals surface area contributed by atoms with Gasteiger partial charge in [-0.3, -0.25) is 9.59 Å². The Bertz CT molecular complexity index is 786. The first-order valence-electron chi connectivity index (χ1n) is 9.46. The molecule has 0 radical (unpaired) electrons. The number of benzene rings is 1. The summed E-state index contributed by atoms with van der Waals surface area (Å²) in [5.74, 6) is -0.177. The molecule has 1 amide bonds. The van der Waals surface area contributed by atoms with E-state index < -0.39 is 5.41 Å². The summed E-state index contributed by atoms with van der Waals surface area (Å²) in [6.45, 7) is 4.84.